The highest BCUT2D eigenvalue weighted by Crippen LogP contribution is 2.21. The Hall–Kier alpha value is -1.31. The topological polar surface area (TPSA) is 56.7 Å². The smallest absolute Gasteiger partial charge is 0.241 e. The van der Waals surface area contributed by atoms with Crippen LogP contribution < -0.4 is 10.6 Å². The fourth-order valence-electron chi connectivity index (χ4n) is 2.88. The normalized spacial score (nSPS) is 15.7. The van der Waals surface area contributed by atoms with Crippen LogP contribution in [0.2, 0.25) is 0 Å². The van der Waals surface area contributed by atoms with Crippen molar-refractivity contribution in [2.75, 3.05) is 33.7 Å². The molecule has 1 aliphatic rings. The molecule has 1 fully saturated rings. The molecule has 0 aromatic heterocycles. The predicted octanol–water partition coefficient (Wildman–Crippen LogP) is 1.88. The lowest BCUT2D eigenvalue weighted by atomic mass is 9.90. The van der Waals surface area contributed by atoms with Crippen molar-refractivity contribution in [1.82, 2.24) is 15.5 Å². The van der Waals surface area contributed by atoms with Gasteiger partial charge in [-0.3, -0.25) is 9.79 Å². The third kappa shape index (κ3) is 6.37. The zero-order valence-corrected chi connectivity index (χ0v) is 16.2. The highest BCUT2D eigenvalue weighted by atomic mass is 127. The zero-order chi connectivity index (χ0) is 15.8. The van der Waals surface area contributed by atoms with Crippen molar-refractivity contribution in [2.45, 2.75) is 19.3 Å². The van der Waals surface area contributed by atoms with Gasteiger partial charge in [0.05, 0.1) is 6.54 Å². The van der Waals surface area contributed by atoms with Gasteiger partial charge in [0.2, 0.25) is 5.91 Å². The maximum absolute atomic E-state index is 12.2. The lowest BCUT2D eigenvalue weighted by Crippen LogP contribution is -2.46. The highest BCUT2D eigenvalue weighted by molar-refractivity contribution is 14.0. The number of guanidine groups is 1. The molecular weight excluding hydrogens is 403 g/mol. The number of nitrogens with one attached hydrogen (secondary N) is 2. The van der Waals surface area contributed by atoms with E-state index < -0.39 is 0 Å². The van der Waals surface area contributed by atoms with Crippen LogP contribution in [0.4, 0.5) is 0 Å². The van der Waals surface area contributed by atoms with Crippen molar-refractivity contribution in [1.29, 1.82) is 0 Å². The van der Waals surface area contributed by atoms with Crippen molar-refractivity contribution in [3.05, 3.63) is 35.9 Å². The molecule has 0 aliphatic carbocycles. The second-order valence-corrected chi connectivity index (χ2v) is 5.69. The van der Waals surface area contributed by atoms with Crippen molar-refractivity contribution < 1.29 is 4.79 Å². The van der Waals surface area contributed by atoms with E-state index in [9.17, 15) is 4.79 Å². The first-order chi connectivity index (χ1) is 10.7. The number of nitrogens with zero attached hydrogens (tertiary/aromatic N) is 2. The summed E-state index contributed by atoms with van der Waals surface area (Å²) in [6.07, 6.45) is 3.29. The Morgan fingerprint density at radius 1 is 1.26 bits per heavy atom. The molecular formula is C17H27IN4O. The highest BCUT2D eigenvalue weighted by Gasteiger charge is 2.22. The third-order valence-corrected chi connectivity index (χ3v) is 4.20. The molecule has 2 N–H and O–H groups in total. The second-order valence-electron chi connectivity index (χ2n) is 5.69. The van der Waals surface area contributed by atoms with Gasteiger partial charge in [-0.25, -0.2) is 0 Å². The monoisotopic (exact) mass is 430 g/mol. The molecule has 1 aromatic carbocycles. The summed E-state index contributed by atoms with van der Waals surface area (Å²) in [6.45, 7) is 2.02. The van der Waals surface area contributed by atoms with Gasteiger partial charge in [0, 0.05) is 27.2 Å². The Balaban J connectivity index is 0.00000264. The molecule has 1 saturated heterocycles. The third-order valence-electron chi connectivity index (χ3n) is 4.20. The Kier molecular flexibility index (Phi) is 8.98. The number of halogens is 1. The quantitative estimate of drug-likeness (QED) is 0.436. The number of aliphatic imine (C=N–C) groups is 1. The van der Waals surface area contributed by atoms with Crippen LogP contribution in [0.25, 0.3) is 0 Å². The van der Waals surface area contributed by atoms with Crippen molar-refractivity contribution in [2.24, 2.45) is 10.9 Å². The van der Waals surface area contributed by atoms with Crippen molar-refractivity contribution >= 4 is 35.8 Å². The minimum atomic E-state index is 0. The first-order valence-corrected chi connectivity index (χ1v) is 7.93. The molecule has 128 valence electrons. The molecule has 0 unspecified atom stereocenters. The lowest BCUT2D eigenvalue weighted by Gasteiger charge is -2.32. The van der Waals surface area contributed by atoms with E-state index in [0.29, 0.717) is 18.4 Å². The Morgan fingerprint density at radius 3 is 2.48 bits per heavy atom. The van der Waals surface area contributed by atoms with Crippen molar-refractivity contribution in [3.8, 4) is 0 Å². The number of benzene rings is 1. The maximum Gasteiger partial charge on any atom is 0.241 e. The summed E-state index contributed by atoms with van der Waals surface area (Å²) in [5.41, 5.74) is 1.40. The minimum absolute atomic E-state index is 0. The van der Waals surface area contributed by atoms with E-state index in [0.717, 1.165) is 32.4 Å². The molecule has 1 heterocycles. The number of carbonyl (C=O) groups excluding carboxylic acids is 1. The number of carbonyl (C=O) groups is 1. The first-order valence-electron chi connectivity index (χ1n) is 7.93. The number of likely N-dealkylation sites (tertiary alicyclic amines) is 1. The van der Waals surface area contributed by atoms with E-state index in [1.54, 1.807) is 14.1 Å². The SMILES string of the molecule is CN=C(NC)NCC(=O)N1CCC(Cc2ccccc2)CC1.I. The molecule has 0 bridgehead atoms. The van der Waals surface area contributed by atoms with Crippen LogP contribution in [-0.2, 0) is 11.2 Å². The van der Waals surface area contributed by atoms with Gasteiger partial charge in [0.15, 0.2) is 5.96 Å². The van der Waals surface area contributed by atoms with Crippen LogP contribution in [0, 0.1) is 5.92 Å². The molecule has 23 heavy (non-hydrogen) atoms. The summed E-state index contributed by atoms with van der Waals surface area (Å²) in [4.78, 5) is 18.1. The molecule has 0 spiro atoms. The maximum atomic E-state index is 12.2. The molecule has 6 heteroatoms. The number of hydrogen-bond donors (Lipinski definition) is 2. The molecule has 5 nitrogen and oxygen atoms in total. The summed E-state index contributed by atoms with van der Waals surface area (Å²) in [7, 11) is 3.48. The van der Waals surface area contributed by atoms with Gasteiger partial charge in [-0.2, -0.15) is 0 Å². The lowest BCUT2D eigenvalue weighted by molar-refractivity contribution is -0.131. The van der Waals surface area contributed by atoms with Crippen LogP contribution in [0.5, 0.6) is 0 Å². The average Bonchev–Trinajstić information content (AvgIpc) is 2.57. The summed E-state index contributed by atoms with van der Waals surface area (Å²) in [5, 5.41) is 5.93. The van der Waals surface area contributed by atoms with Gasteiger partial charge < -0.3 is 15.5 Å². The van der Waals surface area contributed by atoms with E-state index in [2.05, 4.69) is 46.0 Å². The van der Waals surface area contributed by atoms with Gasteiger partial charge in [-0.15, -0.1) is 24.0 Å². The van der Waals surface area contributed by atoms with Crippen molar-refractivity contribution in [3.63, 3.8) is 0 Å². The van der Waals surface area contributed by atoms with E-state index in [-0.39, 0.29) is 29.9 Å². The Morgan fingerprint density at radius 2 is 1.91 bits per heavy atom. The second kappa shape index (κ2) is 10.5. The predicted molar refractivity (Wildman–Crippen MR) is 105 cm³/mol. The van der Waals surface area contributed by atoms with E-state index in [1.807, 2.05) is 4.90 Å². The molecule has 2 rings (SSSR count). The van der Waals surface area contributed by atoms with Gasteiger partial charge >= 0.3 is 0 Å². The standard InChI is InChI=1S/C17H26N4O.HI/c1-18-17(19-2)20-13-16(22)21-10-8-15(9-11-21)12-14-6-4-3-5-7-14;/h3-7,15H,8-13H2,1-2H3,(H2,18,19,20);1H. The fraction of sp³-hybridized carbons (Fsp3) is 0.529. The summed E-state index contributed by atoms with van der Waals surface area (Å²) in [6, 6.07) is 10.6. The molecule has 1 aromatic rings. The largest absolute Gasteiger partial charge is 0.359 e. The van der Waals surface area contributed by atoms with Gasteiger partial charge in [-0.1, -0.05) is 30.3 Å². The number of piperidine rings is 1. The van der Waals surface area contributed by atoms with Crippen LogP contribution in [0.1, 0.15) is 18.4 Å². The van der Waals surface area contributed by atoms with Crippen LogP contribution in [-0.4, -0.2) is 50.5 Å². The number of amides is 1. The van der Waals surface area contributed by atoms with Gasteiger partial charge in [0.25, 0.3) is 0 Å². The van der Waals surface area contributed by atoms with Crippen LogP contribution in [0.3, 0.4) is 0 Å². The molecule has 1 aliphatic heterocycles. The number of rotatable bonds is 4. The summed E-state index contributed by atoms with van der Waals surface area (Å²) in [5.74, 6) is 1.48. The Labute approximate surface area is 156 Å². The molecule has 0 radical (unpaired) electrons. The van der Waals surface area contributed by atoms with E-state index in [1.165, 1.54) is 5.56 Å². The fourth-order valence-corrected chi connectivity index (χ4v) is 2.88. The zero-order valence-electron chi connectivity index (χ0n) is 13.9. The summed E-state index contributed by atoms with van der Waals surface area (Å²) < 4.78 is 0. The van der Waals surface area contributed by atoms with E-state index in [4.69, 9.17) is 0 Å². The molecule has 0 atom stereocenters. The first kappa shape index (κ1) is 19.7. The Bertz CT molecular complexity index is 499. The molecule has 0 saturated carbocycles. The van der Waals surface area contributed by atoms with Gasteiger partial charge in [-0.05, 0) is 30.7 Å². The minimum Gasteiger partial charge on any atom is -0.359 e. The summed E-state index contributed by atoms with van der Waals surface area (Å²) >= 11 is 0. The van der Waals surface area contributed by atoms with Crippen LogP contribution in [0.15, 0.2) is 35.3 Å². The van der Waals surface area contributed by atoms with E-state index >= 15 is 0 Å². The van der Waals surface area contributed by atoms with Crippen LogP contribution >= 0.6 is 24.0 Å². The van der Waals surface area contributed by atoms with Gasteiger partial charge in [0.1, 0.15) is 0 Å². The number of hydrogen-bond acceptors (Lipinski definition) is 2. The average molecular weight is 430 g/mol. The molecule has 1 amide bonds.